The average Bonchev–Trinajstić information content (AvgIpc) is 3.02. The van der Waals surface area contributed by atoms with Gasteiger partial charge in [-0.2, -0.15) is 5.10 Å². The highest BCUT2D eigenvalue weighted by atomic mass is 19.1. The maximum atomic E-state index is 14.1. The maximum absolute atomic E-state index is 14.1. The first-order chi connectivity index (χ1) is 12.7. The van der Waals surface area contributed by atoms with Gasteiger partial charge >= 0.3 is 0 Å². The molecule has 7 nitrogen and oxygen atoms in total. The Balaban J connectivity index is 1.89. The smallest absolute Gasteiger partial charge is 0.267 e. The fourth-order valence-electron chi connectivity index (χ4n) is 3.06. The van der Waals surface area contributed by atoms with Gasteiger partial charge in [0.05, 0.1) is 23.5 Å². The summed E-state index contributed by atoms with van der Waals surface area (Å²) < 4.78 is 14.1. The average molecular weight is 369 g/mol. The fourth-order valence-corrected chi connectivity index (χ4v) is 3.06. The zero-order valence-corrected chi connectivity index (χ0v) is 15.3. The van der Waals surface area contributed by atoms with Crippen LogP contribution >= 0.6 is 0 Å². The van der Waals surface area contributed by atoms with Crippen LogP contribution in [0, 0.1) is 5.82 Å². The number of nitrogens with two attached hydrogens (primary N) is 1. The lowest BCUT2D eigenvalue weighted by molar-refractivity contribution is -0.115. The van der Waals surface area contributed by atoms with Crippen LogP contribution in [-0.2, 0) is 16.6 Å². The van der Waals surface area contributed by atoms with E-state index in [9.17, 15) is 14.0 Å². The molecule has 0 saturated carbocycles. The number of halogens is 1. The summed E-state index contributed by atoms with van der Waals surface area (Å²) in [6.45, 7) is 5.69. The van der Waals surface area contributed by atoms with E-state index in [-0.39, 0.29) is 18.0 Å². The molecule has 3 rings (SSSR count). The van der Waals surface area contributed by atoms with Crippen LogP contribution < -0.4 is 11.1 Å². The molecule has 1 aromatic carbocycles. The van der Waals surface area contributed by atoms with Crippen LogP contribution in [0.5, 0.6) is 0 Å². The van der Waals surface area contributed by atoms with Crippen molar-refractivity contribution in [3.8, 4) is 0 Å². The number of primary amides is 1. The van der Waals surface area contributed by atoms with E-state index in [1.165, 1.54) is 18.5 Å². The number of amides is 2. The Morgan fingerprint density at radius 2 is 2.04 bits per heavy atom. The number of aromatic nitrogens is 3. The number of nitrogens with zero attached hydrogens (tertiary/aromatic N) is 2. The van der Waals surface area contributed by atoms with Gasteiger partial charge in [-0.1, -0.05) is 20.8 Å². The van der Waals surface area contributed by atoms with Gasteiger partial charge < -0.3 is 11.1 Å². The van der Waals surface area contributed by atoms with Gasteiger partial charge in [0, 0.05) is 17.4 Å². The molecule has 0 atom stereocenters. The van der Waals surface area contributed by atoms with Crippen LogP contribution in [0.3, 0.4) is 0 Å². The zero-order chi connectivity index (χ0) is 19.8. The van der Waals surface area contributed by atoms with Crippen LogP contribution in [-0.4, -0.2) is 27.0 Å². The molecule has 2 amide bonds. The molecule has 3 aromatic rings. The first kappa shape index (κ1) is 18.5. The molecule has 140 valence electrons. The predicted molar refractivity (Wildman–Crippen MR) is 99.8 cm³/mol. The number of fused-ring (bicyclic) bond motifs is 1. The first-order valence-electron chi connectivity index (χ1n) is 8.37. The molecule has 0 saturated heterocycles. The van der Waals surface area contributed by atoms with Crippen molar-refractivity contribution >= 4 is 28.4 Å². The number of anilines is 1. The van der Waals surface area contributed by atoms with Crippen LogP contribution in [0.4, 0.5) is 10.1 Å². The summed E-state index contributed by atoms with van der Waals surface area (Å²) >= 11 is 0. The Hall–Kier alpha value is -3.29. The highest BCUT2D eigenvalue weighted by Crippen LogP contribution is 2.31. The van der Waals surface area contributed by atoms with Gasteiger partial charge in [0.15, 0.2) is 0 Å². The number of hydrogen-bond donors (Lipinski definition) is 3. The first-order valence-corrected chi connectivity index (χ1v) is 8.37. The third kappa shape index (κ3) is 3.79. The molecule has 0 unspecified atom stereocenters. The van der Waals surface area contributed by atoms with Gasteiger partial charge in [-0.3, -0.25) is 19.7 Å². The quantitative estimate of drug-likeness (QED) is 0.656. The molecular weight excluding hydrogens is 349 g/mol. The summed E-state index contributed by atoms with van der Waals surface area (Å²) in [6, 6.07) is 4.60. The minimum Gasteiger partial charge on any atom is -0.364 e. The number of pyridine rings is 1. The summed E-state index contributed by atoms with van der Waals surface area (Å²) in [5, 5.41) is 9.65. The van der Waals surface area contributed by atoms with E-state index in [2.05, 4.69) is 20.5 Å². The molecule has 0 aliphatic rings. The van der Waals surface area contributed by atoms with E-state index in [0.29, 0.717) is 27.7 Å². The molecule has 0 radical (unpaired) electrons. The second kappa shape index (κ2) is 6.79. The normalized spacial score (nSPS) is 11.6. The summed E-state index contributed by atoms with van der Waals surface area (Å²) in [4.78, 5) is 28.3. The molecule has 0 bridgehead atoms. The molecule has 8 heteroatoms. The van der Waals surface area contributed by atoms with E-state index in [0.717, 1.165) is 0 Å². The SMILES string of the molecule is CC(C)(C)c1c(NC(=O)Cc2cc(F)c3cn[nH]c3c2)ccnc1C(N)=O. The minimum atomic E-state index is -0.664. The third-order valence-electron chi connectivity index (χ3n) is 4.14. The number of aromatic amines is 1. The number of rotatable bonds is 4. The standard InChI is InChI=1S/C19H20FN5O2/c1-19(2,3)16-13(4-5-22-17(16)18(21)27)24-15(26)8-10-6-12(20)11-9-23-25-14(11)7-10/h4-7,9H,8H2,1-3H3,(H2,21,27)(H,23,25)(H,22,24,26). The number of carbonyl (C=O) groups excluding carboxylic acids is 2. The summed E-state index contributed by atoms with van der Waals surface area (Å²) in [5.41, 5.74) is 7.11. The third-order valence-corrected chi connectivity index (χ3v) is 4.14. The van der Waals surface area contributed by atoms with Crippen molar-refractivity contribution in [2.45, 2.75) is 32.6 Å². The summed E-state index contributed by atoms with van der Waals surface area (Å²) in [5.74, 6) is -1.46. The van der Waals surface area contributed by atoms with Crippen molar-refractivity contribution < 1.29 is 14.0 Å². The van der Waals surface area contributed by atoms with Crippen molar-refractivity contribution in [1.82, 2.24) is 15.2 Å². The zero-order valence-electron chi connectivity index (χ0n) is 15.3. The molecule has 4 N–H and O–H groups in total. The molecule has 0 aliphatic carbocycles. The summed E-state index contributed by atoms with van der Waals surface area (Å²) in [7, 11) is 0. The van der Waals surface area contributed by atoms with Gasteiger partial charge in [-0.05, 0) is 29.2 Å². The maximum Gasteiger partial charge on any atom is 0.267 e. The number of H-pyrrole nitrogens is 1. The molecular formula is C19H20FN5O2. The predicted octanol–water partition coefficient (Wildman–Crippen LogP) is 2.67. The lowest BCUT2D eigenvalue weighted by Gasteiger charge is -2.24. The van der Waals surface area contributed by atoms with Crippen molar-refractivity contribution in [2.75, 3.05) is 5.32 Å². The Morgan fingerprint density at radius 3 is 2.70 bits per heavy atom. The van der Waals surface area contributed by atoms with Crippen molar-refractivity contribution in [3.05, 3.63) is 53.2 Å². The van der Waals surface area contributed by atoms with Crippen LogP contribution in [0.2, 0.25) is 0 Å². The van der Waals surface area contributed by atoms with Crippen LogP contribution in [0.25, 0.3) is 10.9 Å². The van der Waals surface area contributed by atoms with E-state index >= 15 is 0 Å². The van der Waals surface area contributed by atoms with E-state index in [4.69, 9.17) is 5.73 Å². The lowest BCUT2D eigenvalue weighted by atomic mass is 9.84. The Morgan fingerprint density at radius 1 is 1.30 bits per heavy atom. The Bertz CT molecular complexity index is 1040. The van der Waals surface area contributed by atoms with Crippen molar-refractivity contribution in [3.63, 3.8) is 0 Å². The minimum absolute atomic E-state index is 0.0380. The highest BCUT2D eigenvalue weighted by molar-refractivity contribution is 5.98. The van der Waals surface area contributed by atoms with Gasteiger partial charge in [-0.25, -0.2) is 4.39 Å². The second-order valence-electron chi connectivity index (χ2n) is 7.33. The van der Waals surface area contributed by atoms with Crippen molar-refractivity contribution in [2.24, 2.45) is 5.73 Å². The molecule has 0 aliphatic heterocycles. The van der Waals surface area contributed by atoms with Gasteiger partial charge in [0.25, 0.3) is 5.91 Å². The Labute approximate surface area is 155 Å². The monoisotopic (exact) mass is 369 g/mol. The number of hydrogen-bond acceptors (Lipinski definition) is 4. The number of carbonyl (C=O) groups is 2. The molecule has 2 heterocycles. The molecule has 0 fully saturated rings. The highest BCUT2D eigenvalue weighted by Gasteiger charge is 2.26. The van der Waals surface area contributed by atoms with E-state index < -0.39 is 17.1 Å². The van der Waals surface area contributed by atoms with Gasteiger partial charge in [-0.15, -0.1) is 0 Å². The van der Waals surface area contributed by atoms with Gasteiger partial charge in [0.1, 0.15) is 11.5 Å². The van der Waals surface area contributed by atoms with Crippen LogP contribution in [0.1, 0.15) is 42.4 Å². The molecule has 27 heavy (non-hydrogen) atoms. The fraction of sp³-hybridized carbons (Fsp3) is 0.263. The molecule has 0 spiro atoms. The number of benzene rings is 1. The largest absolute Gasteiger partial charge is 0.364 e. The van der Waals surface area contributed by atoms with Crippen LogP contribution in [0.15, 0.2) is 30.6 Å². The van der Waals surface area contributed by atoms with E-state index in [1.54, 1.807) is 12.1 Å². The van der Waals surface area contributed by atoms with E-state index in [1.807, 2.05) is 20.8 Å². The number of nitrogens with one attached hydrogen (secondary N) is 2. The topological polar surface area (TPSA) is 114 Å². The molecule has 2 aromatic heterocycles. The van der Waals surface area contributed by atoms with Gasteiger partial charge in [0.2, 0.25) is 5.91 Å². The Kier molecular flexibility index (Phi) is 4.65. The van der Waals surface area contributed by atoms with Crippen molar-refractivity contribution in [1.29, 1.82) is 0 Å². The lowest BCUT2D eigenvalue weighted by Crippen LogP contribution is -2.26. The second-order valence-corrected chi connectivity index (χ2v) is 7.33. The summed E-state index contributed by atoms with van der Waals surface area (Å²) in [6.07, 6.45) is 2.78.